The van der Waals surface area contributed by atoms with Gasteiger partial charge in [0, 0.05) is 10.5 Å². The van der Waals surface area contributed by atoms with E-state index in [4.69, 9.17) is 16.7 Å². The van der Waals surface area contributed by atoms with Crippen molar-refractivity contribution in [2.75, 3.05) is 25.1 Å². The van der Waals surface area contributed by atoms with Crippen molar-refractivity contribution in [2.24, 2.45) is 0 Å². The molecule has 1 rings (SSSR count). The lowest BCUT2D eigenvalue weighted by Gasteiger charge is -2.23. The molecule has 0 bridgehead atoms. The zero-order valence-corrected chi connectivity index (χ0v) is 22.4. The van der Waals surface area contributed by atoms with E-state index in [0.717, 1.165) is 6.92 Å². The molecule has 30 heavy (non-hydrogen) atoms. The average Bonchev–Trinajstić information content (AvgIpc) is 2.66. The predicted molar refractivity (Wildman–Crippen MR) is 131 cm³/mol. The first-order chi connectivity index (χ1) is 14.0. The highest BCUT2D eigenvalue weighted by Gasteiger charge is 2.30. The molecule has 0 aliphatic rings. The summed E-state index contributed by atoms with van der Waals surface area (Å²) in [5.74, 6) is -2.14. The van der Waals surface area contributed by atoms with Gasteiger partial charge in [-0.05, 0) is 79.4 Å². The van der Waals surface area contributed by atoms with Gasteiger partial charge in [0.05, 0.1) is 49.3 Å². The van der Waals surface area contributed by atoms with E-state index in [1.165, 1.54) is 0 Å². The van der Waals surface area contributed by atoms with Crippen LogP contribution in [0.4, 0.5) is 5.69 Å². The zero-order valence-electron chi connectivity index (χ0n) is 15.2. The summed E-state index contributed by atoms with van der Waals surface area (Å²) in [5, 5.41) is 32.1. The maximum atomic E-state index is 12.9. The number of carbonyl (C=O) groups is 4. The fourth-order valence-corrected chi connectivity index (χ4v) is 7.04. The smallest absolute Gasteiger partial charge is 0.303 e. The molecule has 2 amide bonds. The second-order valence-corrected chi connectivity index (χ2v) is 9.26. The summed E-state index contributed by atoms with van der Waals surface area (Å²) < 4.78 is 5.33. The van der Waals surface area contributed by atoms with E-state index in [1.807, 2.05) is 0 Å². The van der Waals surface area contributed by atoms with E-state index in [0.29, 0.717) is 0 Å². The molecule has 14 heteroatoms. The molecule has 0 heterocycles. The monoisotopic (exact) mass is 780 g/mol. The van der Waals surface area contributed by atoms with E-state index in [1.54, 1.807) is 67.8 Å². The lowest BCUT2D eigenvalue weighted by molar-refractivity contribution is -0.144. The van der Waals surface area contributed by atoms with Crippen molar-refractivity contribution in [1.82, 2.24) is 5.32 Å². The first-order valence-electron chi connectivity index (χ1n) is 8.00. The number of anilines is 1. The number of rotatable bonds is 9. The molecular formula is C16H16ClI3N2O8. The number of esters is 1. The van der Waals surface area contributed by atoms with Crippen LogP contribution in [-0.4, -0.2) is 70.3 Å². The normalized spacial score (nSPS) is 12.7. The Hall–Kier alpha value is -0.340. The van der Waals surface area contributed by atoms with Crippen LogP contribution in [0.3, 0.4) is 0 Å². The molecule has 5 N–H and O–H groups in total. The van der Waals surface area contributed by atoms with E-state index in [2.05, 4.69) is 15.4 Å². The maximum absolute atomic E-state index is 12.9. The minimum Gasteiger partial charge on any atom is -0.456 e. The van der Waals surface area contributed by atoms with Crippen molar-refractivity contribution >= 4 is 108 Å². The molecule has 1 aromatic rings. The third-order valence-corrected chi connectivity index (χ3v) is 7.00. The topological polar surface area (TPSA) is 162 Å². The molecule has 0 aromatic heterocycles. The van der Waals surface area contributed by atoms with Crippen LogP contribution >= 0.6 is 79.4 Å². The van der Waals surface area contributed by atoms with E-state index in [9.17, 15) is 29.4 Å². The Morgan fingerprint density at radius 1 is 1.03 bits per heavy atom. The number of halogens is 4. The summed E-state index contributed by atoms with van der Waals surface area (Å²) in [6.07, 6.45) is -1.42. The van der Waals surface area contributed by atoms with Gasteiger partial charge in [-0.15, -0.1) is 0 Å². The first-order valence-corrected chi connectivity index (χ1v) is 11.6. The van der Waals surface area contributed by atoms with Gasteiger partial charge < -0.3 is 30.7 Å². The second kappa shape index (κ2) is 12.6. The molecule has 0 spiro atoms. The number of ether oxygens (including phenoxy) is 1. The minimum absolute atomic E-state index is 0.0329. The fourth-order valence-electron chi connectivity index (χ4n) is 2.12. The number of carbonyl (C=O) groups excluding carboxylic acids is 4. The zero-order chi connectivity index (χ0) is 23.2. The van der Waals surface area contributed by atoms with E-state index >= 15 is 0 Å². The molecule has 2 unspecified atom stereocenters. The summed E-state index contributed by atoms with van der Waals surface area (Å²) in [6, 6.07) is -1.18. The van der Waals surface area contributed by atoms with Crippen LogP contribution in [0.1, 0.15) is 27.6 Å². The lowest BCUT2D eigenvalue weighted by atomic mass is 10.1. The standard InChI is InChI=1S/C16H16ClI3N2O8/c1-5(25)30-4-8(27)22-14-12(19)9(15(17)28)11(18)10(13(14)20)16(29)21-6(2-23)7(26)3-24/h6-7,23-24,26H,2-4H2,1H3,(H,21,29)(H,22,27). The maximum Gasteiger partial charge on any atom is 0.303 e. The Bertz CT molecular complexity index is 868. The highest BCUT2D eigenvalue weighted by atomic mass is 127. The Morgan fingerprint density at radius 2 is 1.60 bits per heavy atom. The molecule has 0 aliphatic heterocycles. The SMILES string of the molecule is CC(=O)OCC(=O)Nc1c(I)c(C(=O)Cl)c(I)c(C(=O)NC(CO)C(O)CO)c1I. The van der Waals surface area contributed by atoms with Crippen molar-refractivity contribution in [2.45, 2.75) is 19.1 Å². The van der Waals surface area contributed by atoms with Gasteiger partial charge in [-0.25, -0.2) is 0 Å². The van der Waals surface area contributed by atoms with Gasteiger partial charge in [0.1, 0.15) is 0 Å². The molecule has 10 nitrogen and oxygen atoms in total. The fraction of sp³-hybridized carbons (Fsp3) is 0.375. The number of benzene rings is 1. The second-order valence-electron chi connectivity index (χ2n) is 5.68. The Morgan fingerprint density at radius 3 is 2.07 bits per heavy atom. The van der Waals surface area contributed by atoms with Crippen LogP contribution in [0.25, 0.3) is 0 Å². The summed E-state index contributed by atoms with van der Waals surface area (Å²) in [7, 11) is 0. The summed E-state index contributed by atoms with van der Waals surface area (Å²) in [5.41, 5.74) is 0.0349. The van der Waals surface area contributed by atoms with Crippen LogP contribution in [0.5, 0.6) is 0 Å². The Labute approximate surface area is 216 Å². The number of aliphatic hydroxyl groups excluding tert-OH is 3. The van der Waals surface area contributed by atoms with Crippen LogP contribution in [0.2, 0.25) is 0 Å². The molecule has 0 fully saturated rings. The summed E-state index contributed by atoms with van der Waals surface area (Å²) in [4.78, 5) is 47.8. The van der Waals surface area contributed by atoms with Gasteiger partial charge in [0.15, 0.2) is 6.61 Å². The highest BCUT2D eigenvalue weighted by molar-refractivity contribution is 14.1. The first kappa shape index (κ1) is 27.7. The predicted octanol–water partition coefficient (Wildman–Crippen LogP) is 0.825. The van der Waals surface area contributed by atoms with Crippen LogP contribution in [0.15, 0.2) is 0 Å². The third kappa shape index (κ3) is 7.09. The molecule has 0 saturated heterocycles. The van der Waals surface area contributed by atoms with E-state index < -0.39 is 55.0 Å². The number of aliphatic hydroxyl groups is 3. The van der Waals surface area contributed by atoms with Gasteiger partial charge in [-0.1, -0.05) is 0 Å². The van der Waals surface area contributed by atoms with Crippen molar-refractivity contribution in [3.8, 4) is 0 Å². The van der Waals surface area contributed by atoms with Crippen molar-refractivity contribution < 1.29 is 39.2 Å². The molecular weight excluding hydrogens is 764 g/mol. The Balaban J connectivity index is 3.47. The van der Waals surface area contributed by atoms with E-state index in [-0.39, 0.29) is 27.5 Å². The third-order valence-electron chi connectivity index (χ3n) is 3.58. The van der Waals surface area contributed by atoms with Crippen molar-refractivity contribution in [3.63, 3.8) is 0 Å². The van der Waals surface area contributed by atoms with Gasteiger partial charge >= 0.3 is 5.97 Å². The lowest BCUT2D eigenvalue weighted by Crippen LogP contribution is -2.47. The molecule has 0 radical (unpaired) electrons. The summed E-state index contributed by atoms with van der Waals surface area (Å²) in [6.45, 7) is -0.793. The molecule has 166 valence electrons. The average molecular weight is 780 g/mol. The Kier molecular flexibility index (Phi) is 11.7. The van der Waals surface area contributed by atoms with Crippen LogP contribution < -0.4 is 10.6 Å². The van der Waals surface area contributed by atoms with Crippen LogP contribution in [-0.2, 0) is 14.3 Å². The van der Waals surface area contributed by atoms with Crippen molar-refractivity contribution in [3.05, 3.63) is 21.8 Å². The number of amides is 2. The van der Waals surface area contributed by atoms with Gasteiger partial charge in [0.2, 0.25) is 0 Å². The van der Waals surface area contributed by atoms with Crippen molar-refractivity contribution in [1.29, 1.82) is 0 Å². The summed E-state index contributed by atoms with van der Waals surface area (Å²) >= 11 is 11.0. The number of hydrogen-bond donors (Lipinski definition) is 5. The highest BCUT2D eigenvalue weighted by Crippen LogP contribution is 2.36. The molecule has 1 aromatic carbocycles. The van der Waals surface area contributed by atoms with Gasteiger partial charge in [-0.2, -0.15) is 0 Å². The number of hydrogen-bond acceptors (Lipinski definition) is 8. The largest absolute Gasteiger partial charge is 0.456 e. The molecule has 0 saturated carbocycles. The molecule has 2 atom stereocenters. The molecule has 0 aliphatic carbocycles. The van der Waals surface area contributed by atoms with Gasteiger partial charge in [0.25, 0.3) is 17.1 Å². The minimum atomic E-state index is -1.42. The number of nitrogens with one attached hydrogen (secondary N) is 2. The van der Waals surface area contributed by atoms with Gasteiger partial charge in [-0.3, -0.25) is 19.2 Å². The van der Waals surface area contributed by atoms with Crippen LogP contribution in [0, 0.1) is 10.7 Å². The quantitative estimate of drug-likeness (QED) is 0.140.